The molecule has 3 aliphatic heterocycles. The number of benzene rings is 2. The molecule has 0 radical (unpaired) electrons. The van der Waals surface area contributed by atoms with Gasteiger partial charge in [-0.1, -0.05) is 87.5 Å². The normalized spacial score (nSPS) is 33.7. The Morgan fingerprint density at radius 3 is 1.36 bits per heavy atom. The molecule has 3 N–H and O–H groups in total. The number of hydrogen-bond donors (Lipinski definition) is 3. The number of carbonyl (C=O) groups is 9. The van der Waals surface area contributed by atoms with E-state index in [0.717, 1.165) is 67.8 Å². The highest BCUT2D eigenvalue weighted by Gasteiger charge is 2.61. The molecule has 5 aromatic rings. The highest BCUT2D eigenvalue weighted by atomic mass is 16.5. The molecule has 9 aliphatic carbocycles. The number of Topliss-reactive ketones (excluding diaryl/α,β-unsaturated/α-hetero) is 6. The SMILES string of the molecule is C[C@]12C=CC3=CC4=C(CC(C(=O)O)CC4=O)O[C@H]3[C@@H]1CC(=O)[C@@H]2c1ccc2cnccc2c1.C[C@]12C=CC3=CC4=C(CC(C(=O)O)CC4=O)O[C@H]3[C@@H]1CC(=O)[C@@H]2c1cccnc1.C[C@]12CCC3=CC4=C(CC(C(=O)O)CC4=O)O[C@H]3[C@@H]1CC(=O)[C@@H]2c1ccc2cnccc2c1. The number of ketones is 6. The van der Waals surface area contributed by atoms with Gasteiger partial charge in [-0.05, 0) is 98.9 Å². The number of carboxylic acid groups (broad SMARTS) is 3. The van der Waals surface area contributed by atoms with Gasteiger partial charge in [0.15, 0.2) is 17.3 Å². The molecule has 6 heterocycles. The third-order valence-electron chi connectivity index (χ3n) is 23.1. The average Bonchev–Trinajstić information content (AvgIpc) is 1.63. The van der Waals surface area contributed by atoms with Crippen LogP contribution in [-0.2, 0) is 57.4 Å². The maximum atomic E-state index is 13.4. The van der Waals surface area contributed by atoms with Crippen LogP contribution in [0, 0.1) is 51.8 Å². The predicted octanol–water partition coefficient (Wildman–Crippen LogP) is 11.5. The first-order valence-electron chi connectivity index (χ1n) is 32.7. The number of aromatic nitrogens is 3. The maximum Gasteiger partial charge on any atom is 0.307 e. The fraction of sp³-hybridized carbons (Fsp3) is 0.377. The van der Waals surface area contributed by atoms with Crippen LogP contribution in [0.15, 0.2) is 191 Å². The molecule has 17 rings (SSSR count). The second kappa shape index (κ2) is 23.0. The number of rotatable bonds is 6. The fourth-order valence-electron chi connectivity index (χ4n) is 18.1. The van der Waals surface area contributed by atoms with Crippen molar-refractivity contribution in [1.82, 2.24) is 15.0 Å². The van der Waals surface area contributed by atoms with Crippen molar-refractivity contribution in [2.45, 2.75) is 127 Å². The molecule has 18 heteroatoms. The number of aliphatic carboxylic acids is 3. The molecule has 95 heavy (non-hydrogen) atoms. The van der Waals surface area contributed by atoms with E-state index >= 15 is 0 Å². The quantitative estimate of drug-likeness (QED) is 0.142. The second-order valence-electron chi connectivity index (χ2n) is 28.5. The molecule has 12 aliphatic rings. The number of fused-ring (bicyclic) bond motifs is 11. The molecule has 0 saturated heterocycles. The molecule has 0 bridgehead atoms. The van der Waals surface area contributed by atoms with Gasteiger partial charge in [0.1, 0.15) is 52.9 Å². The number of carboxylic acids is 3. The second-order valence-corrected chi connectivity index (χ2v) is 28.5. The zero-order valence-electron chi connectivity index (χ0n) is 52.6. The summed E-state index contributed by atoms with van der Waals surface area (Å²) in [6.45, 7) is 6.38. The lowest BCUT2D eigenvalue weighted by atomic mass is 9.61. The molecule has 4 fully saturated rings. The molecule has 0 amide bonds. The van der Waals surface area contributed by atoms with E-state index in [0.29, 0.717) is 53.3 Å². The number of carbonyl (C=O) groups excluding carboxylic acids is 6. The van der Waals surface area contributed by atoms with Crippen LogP contribution >= 0.6 is 0 Å². The Kier molecular flexibility index (Phi) is 14.8. The molecule has 15 atom stereocenters. The maximum absolute atomic E-state index is 13.4. The van der Waals surface area contributed by atoms with Crippen LogP contribution in [0.25, 0.3) is 21.5 Å². The zero-order chi connectivity index (χ0) is 66.1. The van der Waals surface area contributed by atoms with Gasteiger partial charge < -0.3 is 29.5 Å². The molecule has 4 saturated carbocycles. The number of ether oxygens (including phenoxy) is 3. The van der Waals surface area contributed by atoms with Crippen LogP contribution in [0.4, 0.5) is 0 Å². The number of nitrogens with zero attached hydrogens (tertiary/aromatic N) is 3. The minimum Gasteiger partial charge on any atom is -0.489 e. The summed E-state index contributed by atoms with van der Waals surface area (Å²) >= 11 is 0. The monoisotopic (exact) mass is 1280 g/mol. The molecule has 3 unspecified atom stereocenters. The Morgan fingerprint density at radius 1 is 0.453 bits per heavy atom. The minimum atomic E-state index is -0.982. The molecule has 18 nitrogen and oxygen atoms in total. The van der Waals surface area contributed by atoms with Crippen LogP contribution in [0.5, 0.6) is 0 Å². The summed E-state index contributed by atoms with van der Waals surface area (Å²) in [5.41, 5.74) is 6.12. The van der Waals surface area contributed by atoms with E-state index in [1.165, 1.54) is 0 Å². The third kappa shape index (κ3) is 10.2. The van der Waals surface area contributed by atoms with E-state index in [1.807, 2.05) is 91.3 Å². The Bertz CT molecular complexity index is 4550. The van der Waals surface area contributed by atoms with E-state index in [9.17, 15) is 58.5 Å². The Balaban J connectivity index is 0.000000118. The van der Waals surface area contributed by atoms with Crippen molar-refractivity contribution in [3.63, 3.8) is 0 Å². The average molecular weight is 1280 g/mol. The molecule has 0 spiro atoms. The third-order valence-corrected chi connectivity index (χ3v) is 23.1. The first-order chi connectivity index (χ1) is 45.6. The van der Waals surface area contributed by atoms with Gasteiger partial charge in [0, 0.05) is 140 Å². The Morgan fingerprint density at radius 2 is 0.884 bits per heavy atom. The van der Waals surface area contributed by atoms with Crippen molar-refractivity contribution in [2.24, 2.45) is 51.8 Å². The van der Waals surface area contributed by atoms with Crippen molar-refractivity contribution in [2.75, 3.05) is 0 Å². The van der Waals surface area contributed by atoms with Crippen LogP contribution in [-0.4, -0.2) is 101 Å². The van der Waals surface area contributed by atoms with E-state index in [2.05, 4.69) is 60.0 Å². The van der Waals surface area contributed by atoms with E-state index in [-0.39, 0.29) is 132 Å². The van der Waals surface area contributed by atoms with Crippen molar-refractivity contribution < 1.29 is 72.7 Å². The molecular weight excluding hydrogens is 1210 g/mol. The molecular formula is C77H69N3O15. The number of pyridine rings is 3. The lowest BCUT2D eigenvalue weighted by molar-refractivity contribution is -0.145. The predicted molar refractivity (Wildman–Crippen MR) is 343 cm³/mol. The van der Waals surface area contributed by atoms with Crippen molar-refractivity contribution in [3.05, 3.63) is 208 Å². The smallest absolute Gasteiger partial charge is 0.307 e. The van der Waals surface area contributed by atoms with Gasteiger partial charge in [0.05, 0.1) is 46.3 Å². The van der Waals surface area contributed by atoms with Crippen LogP contribution < -0.4 is 0 Å². The largest absolute Gasteiger partial charge is 0.489 e. The summed E-state index contributed by atoms with van der Waals surface area (Å²) in [6.07, 6.45) is 26.8. The van der Waals surface area contributed by atoms with Gasteiger partial charge in [0.2, 0.25) is 0 Å². The van der Waals surface area contributed by atoms with E-state index in [4.69, 9.17) is 14.2 Å². The van der Waals surface area contributed by atoms with Gasteiger partial charge in [-0.2, -0.15) is 0 Å². The van der Waals surface area contributed by atoms with Gasteiger partial charge in [0.25, 0.3) is 0 Å². The lowest BCUT2D eigenvalue weighted by Crippen LogP contribution is -2.44. The molecule has 2 aromatic carbocycles. The van der Waals surface area contributed by atoms with E-state index in [1.54, 1.807) is 24.8 Å². The highest BCUT2D eigenvalue weighted by molar-refractivity contribution is 6.04. The van der Waals surface area contributed by atoms with Gasteiger partial charge >= 0.3 is 17.9 Å². The summed E-state index contributed by atoms with van der Waals surface area (Å²) in [6, 6.07) is 20.0. The minimum absolute atomic E-state index is 0.00159. The van der Waals surface area contributed by atoms with Crippen molar-refractivity contribution >= 4 is 74.2 Å². The zero-order valence-corrected chi connectivity index (χ0v) is 52.6. The summed E-state index contributed by atoms with van der Waals surface area (Å²) in [7, 11) is 0. The molecule has 482 valence electrons. The van der Waals surface area contributed by atoms with Crippen LogP contribution in [0.3, 0.4) is 0 Å². The summed E-state index contributed by atoms with van der Waals surface area (Å²) in [4.78, 5) is 124. The highest BCUT2D eigenvalue weighted by Crippen LogP contribution is 2.63. The molecule has 3 aromatic heterocycles. The Labute approximate surface area is 546 Å². The summed E-state index contributed by atoms with van der Waals surface area (Å²) in [5.74, 6) is -4.74. The lowest BCUT2D eigenvalue weighted by Gasteiger charge is -2.47. The summed E-state index contributed by atoms with van der Waals surface area (Å²) in [5, 5.41) is 32.4. The van der Waals surface area contributed by atoms with Gasteiger partial charge in [-0.25, -0.2) is 0 Å². The topological polar surface area (TPSA) is 281 Å². The van der Waals surface area contributed by atoms with Gasteiger partial charge in [-0.3, -0.25) is 58.1 Å². The standard InChI is InChI=1S/C27H25NO5.C27H23NO5.C23H21NO5/c2*1-27-6-4-16-9-19-21(29)10-18(26(31)32)11-23(19)33-25(16)20(27)12-22(30)24(27)15-2-3-17-13-28-7-5-14(17)8-15;1-23-5-4-12-7-15-17(25)8-14(22(27)28)9-19(15)29-21(12)16(23)10-18(26)20(23)13-3-2-6-24-11-13/h2-3,5,7-9,13,18,20,24-25H,4,6,10-12H2,1H3,(H,31,32);2-9,13,18,20,24-25H,10-12H2,1H3,(H,31,32);2-7,11,14,16,20-21H,8-10H2,1H3,(H,27,28)/t2*18?,20-,24-,25+,27-;14?,16-,20-,21+,23-/m000/s1. The van der Waals surface area contributed by atoms with E-state index < -0.39 is 46.5 Å². The van der Waals surface area contributed by atoms with Crippen molar-refractivity contribution in [3.8, 4) is 0 Å². The first kappa shape index (κ1) is 61.3. The number of allylic oxidation sites excluding steroid dienone is 11. The first-order valence-corrected chi connectivity index (χ1v) is 32.7. The van der Waals surface area contributed by atoms with Crippen LogP contribution in [0.2, 0.25) is 0 Å². The summed E-state index contributed by atoms with van der Waals surface area (Å²) < 4.78 is 19.0. The van der Waals surface area contributed by atoms with Gasteiger partial charge in [-0.15, -0.1) is 0 Å². The van der Waals surface area contributed by atoms with Crippen molar-refractivity contribution in [1.29, 1.82) is 0 Å². The number of hydrogen-bond acceptors (Lipinski definition) is 15. The Hall–Kier alpha value is -9.84. The van der Waals surface area contributed by atoms with Crippen LogP contribution in [0.1, 0.15) is 126 Å². The fourth-order valence-corrected chi connectivity index (χ4v) is 18.1.